The predicted molar refractivity (Wildman–Crippen MR) is 58.5 cm³/mol. The predicted octanol–water partition coefficient (Wildman–Crippen LogP) is 1.64. The first-order chi connectivity index (χ1) is 7.54. The minimum absolute atomic E-state index is 0.0616. The third-order valence-electron chi connectivity index (χ3n) is 2.14. The van der Waals surface area contributed by atoms with E-state index in [-0.39, 0.29) is 18.2 Å². The lowest BCUT2D eigenvalue weighted by Gasteiger charge is -2.08. The van der Waals surface area contributed by atoms with E-state index in [9.17, 15) is 9.18 Å². The van der Waals surface area contributed by atoms with Gasteiger partial charge in [0, 0.05) is 12.1 Å². The van der Waals surface area contributed by atoms with Crippen molar-refractivity contribution < 1.29 is 14.3 Å². The zero-order chi connectivity index (χ0) is 12.1. The fraction of sp³-hybridized carbons (Fsp3) is 0.250. The minimum Gasteiger partial charge on any atom is -0.478 e. The Balaban J connectivity index is 2.83. The molecule has 3 nitrogen and oxygen atoms in total. The first kappa shape index (κ1) is 12.2. The van der Waals surface area contributed by atoms with E-state index in [2.05, 4.69) is 11.2 Å². The van der Waals surface area contributed by atoms with Gasteiger partial charge in [-0.3, -0.25) is 5.32 Å². The molecule has 0 saturated carbocycles. The van der Waals surface area contributed by atoms with Crippen LogP contribution in [0.3, 0.4) is 0 Å². The number of carboxylic acids is 1. The fourth-order valence-corrected chi connectivity index (χ4v) is 1.17. The highest BCUT2D eigenvalue weighted by atomic mass is 19.1. The molecule has 16 heavy (non-hydrogen) atoms. The lowest BCUT2D eigenvalue weighted by atomic mass is 10.1. The Bertz CT molecular complexity index is 437. The van der Waals surface area contributed by atoms with E-state index in [1.807, 2.05) is 0 Å². The van der Waals surface area contributed by atoms with Gasteiger partial charge in [-0.1, -0.05) is 5.92 Å². The minimum atomic E-state index is -1.08. The molecule has 0 aromatic heterocycles. The lowest BCUT2D eigenvalue weighted by molar-refractivity contribution is 0.0696. The van der Waals surface area contributed by atoms with Gasteiger partial charge in [0.15, 0.2) is 0 Å². The van der Waals surface area contributed by atoms with Crippen molar-refractivity contribution in [3.05, 3.63) is 35.1 Å². The van der Waals surface area contributed by atoms with Crippen molar-refractivity contribution in [3.63, 3.8) is 0 Å². The summed E-state index contributed by atoms with van der Waals surface area (Å²) < 4.78 is 13.3. The van der Waals surface area contributed by atoms with Crippen molar-refractivity contribution in [1.29, 1.82) is 0 Å². The Labute approximate surface area is 93.3 Å². The summed E-state index contributed by atoms with van der Waals surface area (Å²) in [5, 5.41) is 11.6. The fourth-order valence-electron chi connectivity index (χ4n) is 1.17. The average molecular weight is 221 g/mol. The number of hydrogen-bond acceptors (Lipinski definition) is 2. The van der Waals surface area contributed by atoms with Gasteiger partial charge in [0.05, 0.1) is 11.6 Å². The van der Waals surface area contributed by atoms with Crippen LogP contribution in [-0.4, -0.2) is 17.1 Å². The zero-order valence-electron chi connectivity index (χ0n) is 8.83. The Morgan fingerprint density at radius 3 is 2.94 bits per heavy atom. The van der Waals surface area contributed by atoms with E-state index in [0.717, 1.165) is 6.07 Å². The third kappa shape index (κ3) is 3.07. The van der Waals surface area contributed by atoms with Crippen LogP contribution in [-0.2, 0) is 6.54 Å². The molecule has 1 aromatic carbocycles. The van der Waals surface area contributed by atoms with E-state index < -0.39 is 11.8 Å². The molecular weight excluding hydrogens is 209 g/mol. The van der Waals surface area contributed by atoms with E-state index in [1.165, 1.54) is 12.1 Å². The highest BCUT2D eigenvalue weighted by Gasteiger charge is 2.08. The summed E-state index contributed by atoms with van der Waals surface area (Å²) in [4.78, 5) is 10.7. The summed E-state index contributed by atoms with van der Waals surface area (Å²) in [5.41, 5.74) is 0.355. The number of hydrogen-bond donors (Lipinski definition) is 2. The summed E-state index contributed by atoms with van der Waals surface area (Å²) in [7, 11) is 0. The van der Waals surface area contributed by atoms with Crippen LogP contribution >= 0.6 is 0 Å². The molecule has 0 fully saturated rings. The van der Waals surface area contributed by atoms with Gasteiger partial charge >= 0.3 is 5.97 Å². The molecule has 1 atom stereocenters. The Morgan fingerprint density at radius 2 is 2.38 bits per heavy atom. The smallest absolute Gasteiger partial charge is 0.335 e. The highest BCUT2D eigenvalue weighted by Crippen LogP contribution is 2.10. The molecular formula is C12H12FNO2. The largest absolute Gasteiger partial charge is 0.478 e. The highest BCUT2D eigenvalue weighted by molar-refractivity contribution is 5.87. The molecule has 2 N–H and O–H groups in total. The van der Waals surface area contributed by atoms with Gasteiger partial charge in [0.2, 0.25) is 0 Å². The van der Waals surface area contributed by atoms with E-state index in [1.54, 1.807) is 6.92 Å². The molecule has 4 heteroatoms. The summed E-state index contributed by atoms with van der Waals surface area (Å²) in [5.74, 6) is 0.922. The lowest BCUT2D eigenvalue weighted by Crippen LogP contribution is -2.24. The number of nitrogens with one attached hydrogen (secondary N) is 1. The first-order valence-electron chi connectivity index (χ1n) is 4.76. The van der Waals surface area contributed by atoms with Crippen LogP contribution in [0.25, 0.3) is 0 Å². The Morgan fingerprint density at radius 1 is 1.69 bits per heavy atom. The molecule has 0 aliphatic carbocycles. The summed E-state index contributed by atoms with van der Waals surface area (Å²) >= 11 is 0. The molecule has 84 valence electrons. The van der Waals surface area contributed by atoms with Crippen LogP contribution in [0.1, 0.15) is 22.8 Å². The molecule has 0 aliphatic heterocycles. The van der Waals surface area contributed by atoms with Crippen LogP contribution in [0, 0.1) is 18.2 Å². The zero-order valence-corrected chi connectivity index (χ0v) is 8.83. The SMILES string of the molecule is C#CC(C)NCc1cc(C(=O)O)ccc1F. The Kier molecular flexibility index (Phi) is 4.03. The average Bonchev–Trinajstić information content (AvgIpc) is 2.27. The summed E-state index contributed by atoms with van der Waals surface area (Å²) in [6, 6.07) is 3.48. The number of carbonyl (C=O) groups is 1. The maximum Gasteiger partial charge on any atom is 0.335 e. The third-order valence-corrected chi connectivity index (χ3v) is 2.14. The second-order valence-corrected chi connectivity index (χ2v) is 3.38. The number of aromatic carboxylic acids is 1. The molecule has 0 spiro atoms. The van der Waals surface area contributed by atoms with E-state index in [0.29, 0.717) is 5.56 Å². The van der Waals surface area contributed by atoms with Crippen molar-refractivity contribution in [1.82, 2.24) is 5.32 Å². The molecule has 0 bridgehead atoms. The molecule has 1 aromatic rings. The van der Waals surface area contributed by atoms with Crippen molar-refractivity contribution >= 4 is 5.97 Å². The maximum atomic E-state index is 13.3. The molecule has 0 radical (unpaired) electrons. The number of carboxylic acid groups (broad SMARTS) is 1. The maximum absolute atomic E-state index is 13.3. The van der Waals surface area contributed by atoms with Crippen LogP contribution < -0.4 is 5.32 Å². The normalized spacial score (nSPS) is 11.8. The van der Waals surface area contributed by atoms with E-state index >= 15 is 0 Å². The van der Waals surface area contributed by atoms with Crippen LogP contribution in [0.15, 0.2) is 18.2 Å². The monoisotopic (exact) mass is 221 g/mol. The molecule has 0 heterocycles. The number of rotatable bonds is 4. The molecule has 1 unspecified atom stereocenters. The molecule has 1 rings (SSSR count). The van der Waals surface area contributed by atoms with Crippen LogP contribution in [0.4, 0.5) is 4.39 Å². The second kappa shape index (κ2) is 5.29. The van der Waals surface area contributed by atoms with E-state index in [4.69, 9.17) is 11.5 Å². The number of halogens is 1. The van der Waals surface area contributed by atoms with Gasteiger partial charge in [0.1, 0.15) is 5.82 Å². The number of terminal acetylenes is 1. The van der Waals surface area contributed by atoms with Crippen molar-refractivity contribution in [2.75, 3.05) is 0 Å². The van der Waals surface area contributed by atoms with Gasteiger partial charge in [-0.2, -0.15) is 0 Å². The first-order valence-corrected chi connectivity index (χ1v) is 4.76. The molecule has 0 aliphatic rings. The summed E-state index contributed by atoms with van der Waals surface area (Å²) in [6.07, 6.45) is 5.15. The van der Waals surface area contributed by atoms with Gasteiger partial charge in [-0.05, 0) is 25.1 Å². The van der Waals surface area contributed by atoms with Gasteiger partial charge in [0.25, 0.3) is 0 Å². The van der Waals surface area contributed by atoms with Gasteiger partial charge < -0.3 is 5.11 Å². The van der Waals surface area contributed by atoms with Crippen molar-refractivity contribution in [2.45, 2.75) is 19.5 Å². The van der Waals surface area contributed by atoms with Gasteiger partial charge in [-0.15, -0.1) is 6.42 Å². The molecule has 0 saturated heterocycles. The van der Waals surface area contributed by atoms with Crippen molar-refractivity contribution in [2.24, 2.45) is 0 Å². The molecule has 0 amide bonds. The summed E-state index contributed by atoms with van der Waals surface area (Å²) in [6.45, 7) is 1.97. The van der Waals surface area contributed by atoms with Crippen LogP contribution in [0.5, 0.6) is 0 Å². The van der Waals surface area contributed by atoms with Gasteiger partial charge in [-0.25, -0.2) is 9.18 Å². The van der Waals surface area contributed by atoms with Crippen molar-refractivity contribution in [3.8, 4) is 12.3 Å². The topological polar surface area (TPSA) is 49.3 Å². The quantitative estimate of drug-likeness (QED) is 0.760. The number of benzene rings is 1. The Hall–Kier alpha value is -1.86. The van der Waals surface area contributed by atoms with Crippen LogP contribution in [0.2, 0.25) is 0 Å². The standard InChI is InChI=1S/C12H12FNO2/c1-3-8(2)14-7-10-6-9(12(15)16)4-5-11(10)13/h1,4-6,8,14H,7H2,2H3,(H,15,16). The second-order valence-electron chi connectivity index (χ2n) is 3.38.